The molecule has 0 aliphatic heterocycles. The molecule has 0 saturated heterocycles. The molecule has 0 aliphatic carbocycles. The molecule has 0 atom stereocenters. The summed E-state index contributed by atoms with van der Waals surface area (Å²) in [6.45, 7) is 0.673. The highest BCUT2D eigenvalue weighted by Crippen LogP contribution is 2.24. The van der Waals surface area contributed by atoms with Crippen LogP contribution in [0.1, 0.15) is 5.56 Å². The molecular formula is C15H13ClN2OS. The molecule has 0 fully saturated rings. The molecule has 0 saturated carbocycles. The Morgan fingerprint density at radius 3 is 2.65 bits per heavy atom. The molecular weight excluding hydrogens is 292 g/mol. The second-order valence-electron chi connectivity index (χ2n) is 4.50. The summed E-state index contributed by atoms with van der Waals surface area (Å²) in [5.74, 6) is 0.842. The number of aromatic amines is 1. The smallest absolute Gasteiger partial charge is 0.178 e. The molecule has 1 aromatic heterocycles. The minimum atomic E-state index is 0.670. The van der Waals surface area contributed by atoms with Gasteiger partial charge in [-0.3, -0.25) is 0 Å². The lowest BCUT2D eigenvalue weighted by molar-refractivity contribution is 0.414. The maximum absolute atomic E-state index is 6.28. The number of halogens is 1. The van der Waals surface area contributed by atoms with Gasteiger partial charge in [-0.25, -0.2) is 0 Å². The number of aromatic nitrogens is 2. The number of rotatable bonds is 3. The first-order chi connectivity index (χ1) is 9.69. The number of para-hydroxylation sites is 1. The Hall–Kier alpha value is -1.78. The monoisotopic (exact) mass is 304 g/mol. The van der Waals surface area contributed by atoms with Crippen LogP contribution < -0.4 is 4.74 Å². The maximum atomic E-state index is 6.28. The standard InChI is InChI=1S/C15H13ClN2OS/c1-19-11-7-5-10(6-8-11)9-18-14-12(16)3-2-4-13(14)17-15(18)20/h2-8H,9H2,1H3,(H,17,20). The van der Waals surface area contributed by atoms with Crippen LogP contribution in [0.25, 0.3) is 11.0 Å². The summed E-state index contributed by atoms with van der Waals surface area (Å²) in [6, 6.07) is 13.7. The molecule has 102 valence electrons. The second-order valence-corrected chi connectivity index (χ2v) is 5.29. The van der Waals surface area contributed by atoms with Gasteiger partial charge in [0.05, 0.1) is 29.7 Å². The van der Waals surface area contributed by atoms with E-state index in [0.29, 0.717) is 16.3 Å². The number of ether oxygens (including phenoxy) is 1. The summed E-state index contributed by atoms with van der Waals surface area (Å²) >= 11 is 11.7. The molecule has 3 nitrogen and oxygen atoms in total. The van der Waals surface area contributed by atoms with E-state index in [1.54, 1.807) is 7.11 Å². The number of hydrogen-bond acceptors (Lipinski definition) is 2. The van der Waals surface area contributed by atoms with Gasteiger partial charge in [0.15, 0.2) is 4.77 Å². The van der Waals surface area contributed by atoms with Crippen LogP contribution in [0.5, 0.6) is 5.75 Å². The first kappa shape index (κ1) is 13.2. The van der Waals surface area contributed by atoms with E-state index < -0.39 is 0 Å². The summed E-state index contributed by atoms with van der Waals surface area (Å²) in [5.41, 5.74) is 3.04. The lowest BCUT2D eigenvalue weighted by Crippen LogP contribution is -2.00. The second kappa shape index (κ2) is 5.31. The van der Waals surface area contributed by atoms with Crippen molar-refractivity contribution in [1.82, 2.24) is 9.55 Å². The Morgan fingerprint density at radius 2 is 1.95 bits per heavy atom. The normalized spacial score (nSPS) is 10.9. The van der Waals surface area contributed by atoms with Crippen molar-refractivity contribution in [2.75, 3.05) is 7.11 Å². The number of H-pyrrole nitrogens is 1. The average molecular weight is 305 g/mol. The van der Waals surface area contributed by atoms with E-state index in [-0.39, 0.29) is 0 Å². The van der Waals surface area contributed by atoms with Crippen molar-refractivity contribution in [2.45, 2.75) is 6.54 Å². The van der Waals surface area contributed by atoms with Gasteiger partial charge < -0.3 is 14.3 Å². The van der Waals surface area contributed by atoms with Crippen molar-refractivity contribution in [1.29, 1.82) is 0 Å². The number of nitrogens with zero attached hydrogens (tertiary/aromatic N) is 1. The van der Waals surface area contributed by atoms with Gasteiger partial charge in [0.25, 0.3) is 0 Å². The molecule has 0 aliphatic rings. The highest BCUT2D eigenvalue weighted by Gasteiger charge is 2.08. The molecule has 5 heteroatoms. The molecule has 0 radical (unpaired) electrons. The Bertz CT molecular complexity index is 805. The van der Waals surface area contributed by atoms with Crippen LogP contribution in [0.3, 0.4) is 0 Å². The molecule has 0 unspecified atom stereocenters. The van der Waals surface area contributed by atoms with Crippen LogP contribution in [-0.4, -0.2) is 16.7 Å². The lowest BCUT2D eigenvalue weighted by Gasteiger charge is -2.07. The predicted octanol–water partition coefficient (Wildman–Crippen LogP) is 4.41. The third-order valence-corrected chi connectivity index (χ3v) is 3.87. The zero-order chi connectivity index (χ0) is 14.1. The van der Waals surface area contributed by atoms with Crippen molar-refractivity contribution in [3.05, 3.63) is 57.8 Å². The van der Waals surface area contributed by atoms with Crippen LogP contribution in [-0.2, 0) is 6.54 Å². The maximum Gasteiger partial charge on any atom is 0.178 e. The van der Waals surface area contributed by atoms with E-state index in [0.717, 1.165) is 22.3 Å². The van der Waals surface area contributed by atoms with Gasteiger partial charge >= 0.3 is 0 Å². The topological polar surface area (TPSA) is 29.9 Å². The van der Waals surface area contributed by atoms with Gasteiger partial charge in [0.2, 0.25) is 0 Å². The highest BCUT2D eigenvalue weighted by atomic mass is 35.5. The van der Waals surface area contributed by atoms with Gasteiger partial charge in [0.1, 0.15) is 5.75 Å². The van der Waals surface area contributed by atoms with E-state index >= 15 is 0 Å². The zero-order valence-corrected chi connectivity index (χ0v) is 12.5. The van der Waals surface area contributed by atoms with Crippen molar-refractivity contribution >= 4 is 34.9 Å². The summed E-state index contributed by atoms with van der Waals surface area (Å²) in [7, 11) is 1.66. The van der Waals surface area contributed by atoms with E-state index in [1.807, 2.05) is 47.0 Å². The van der Waals surface area contributed by atoms with Crippen LogP contribution in [0.2, 0.25) is 5.02 Å². The third-order valence-electron chi connectivity index (χ3n) is 3.24. The van der Waals surface area contributed by atoms with Crippen LogP contribution in [0.4, 0.5) is 0 Å². The fourth-order valence-corrected chi connectivity index (χ4v) is 2.78. The van der Waals surface area contributed by atoms with Crippen molar-refractivity contribution < 1.29 is 4.74 Å². The molecule has 0 bridgehead atoms. The Labute approximate surface area is 126 Å². The zero-order valence-electron chi connectivity index (χ0n) is 10.9. The van der Waals surface area contributed by atoms with Crippen molar-refractivity contribution in [3.63, 3.8) is 0 Å². The van der Waals surface area contributed by atoms with Gasteiger partial charge in [-0.15, -0.1) is 0 Å². The Kier molecular flexibility index (Phi) is 3.51. The van der Waals surface area contributed by atoms with Crippen LogP contribution in [0.15, 0.2) is 42.5 Å². The van der Waals surface area contributed by atoms with Crippen molar-refractivity contribution in [2.24, 2.45) is 0 Å². The molecule has 3 aromatic rings. The summed E-state index contributed by atoms with van der Waals surface area (Å²) in [5, 5.41) is 0.698. The molecule has 20 heavy (non-hydrogen) atoms. The average Bonchev–Trinajstić information content (AvgIpc) is 2.77. The fourth-order valence-electron chi connectivity index (χ4n) is 2.24. The number of nitrogens with one attached hydrogen (secondary N) is 1. The van der Waals surface area contributed by atoms with E-state index in [1.165, 1.54) is 0 Å². The molecule has 3 rings (SSSR count). The number of hydrogen-bond donors (Lipinski definition) is 1. The molecule has 0 amide bonds. The minimum Gasteiger partial charge on any atom is -0.497 e. The number of fused-ring (bicyclic) bond motifs is 1. The molecule has 2 aromatic carbocycles. The number of methoxy groups -OCH3 is 1. The minimum absolute atomic E-state index is 0.670. The first-order valence-corrected chi connectivity index (χ1v) is 6.97. The van der Waals surface area contributed by atoms with E-state index in [4.69, 9.17) is 28.6 Å². The highest BCUT2D eigenvalue weighted by molar-refractivity contribution is 7.71. The Balaban J connectivity index is 2.05. The van der Waals surface area contributed by atoms with Crippen LogP contribution >= 0.6 is 23.8 Å². The van der Waals surface area contributed by atoms with E-state index in [2.05, 4.69) is 4.98 Å². The largest absolute Gasteiger partial charge is 0.497 e. The molecule has 0 spiro atoms. The van der Waals surface area contributed by atoms with Gasteiger partial charge in [-0.05, 0) is 42.0 Å². The molecule has 1 heterocycles. The number of imidazole rings is 1. The summed E-state index contributed by atoms with van der Waals surface area (Å²) in [6.07, 6.45) is 0. The third kappa shape index (κ3) is 2.32. The SMILES string of the molecule is COc1ccc(Cn2c(=S)[nH]c3cccc(Cl)c32)cc1. The first-order valence-electron chi connectivity index (χ1n) is 6.19. The lowest BCUT2D eigenvalue weighted by atomic mass is 10.2. The molecule has 1 N–H and O–H groups in total. The van der Waals surface area contributed by atoms with Gasteiger partial charge in [0, 0.05) is 0 Å². The van der Waals surface area contributed by atoms with Crippen molar-refractivity contribution in [3.8, 4) is 5.75 Å². The van der Waals surface area contributed by atoms with E-state index in [9.17, 15) is 0 Å². The fraction of sp³-hybridized carbons (Fsp3) is 0.133. The van der Waals surface area contributed by atoms with Gasteiger partial charge in [-0.2, -0.15) is 0 Å². The number of benzene rings is 2. The van der Waals surface area contributed by atoms with Crippen LogP contribution in [0, 0.1) is 4.77 Å². The summed E-state index contributed by atoms with van der Waals surface area (Å²) < 4.78 is 7.84. The Morgan fingerprint density at radius 1 is 1.20 bits per heavy atom. The quantitative estimate of drug-likeness (QED) is 0.726. The predicted molar refractivity (Wildman–Crippen MR) is 84.2 cm³/mol. The van der Waals surface area contributed by atoms with Gasteiger partial charge in [-0.1, -0.05) is 29.8 Å². The summed E-state index contributed by atoms with van der Waals surface area (Å²) in [4.78, 5) is 3.18.